The van der Waals surface area contributed by atoms with Crippen molar-refractivity contribution in [3.05, 3.63) is 0 Å². The van der Waals surface area contributed by atoms with Crippen LogP contribution in [0.4, 0.5) is 18.0 Å². The van der Waals surface area contributed by atoms with Crippen molar-refractivity contribution in [3.8, 4) is 0 Å². The molecular weight excluding hydrogens is 317 g/mol. The Morgan fingerprint density at radius 2 is 1.78 bits per heavy atom. The molecule has 1 atom stereocenters. The number of halogens is 3. The third-order valence-corrected chi connectivity index (χ3v) is 3.55. The zero-order valence-electron chi connectivity index (χ0n) is 13.0. The number of hydrogen-bond acceptors (Lipinski definition) is 4. The molecule has 0 aromatic carbocycles. The number of alkyl halides is 3. The van der Waals surface area contributed by atoms with Crippen LogP contribution in [-0.4, -0.2) is 60.6 Å². The van der Waals surface area contributed by atoms with Gasteiger partial charge in [0.1, 0.15) is 6.54 Å². The van der Waals surface area contributed by atoms with Gasteiger partial charge in [-0.2, -0.15) is 13.2 Å². The van der Waals surface area contributed by atoms with Crippen molar-refractivity contribution in [2.75, 3.05) is 19.6 Å². The van der Waals surface area contributed by atoms with E-state index in [9.17, 15) is 27.6 Å². The van der Waals surface area contributed by atoms with Gasteiger partial charge in [-0.15, -0.1) is 0 Å². The highest BCUT2D eigenvalue weighted by Gasteiger charge is 2.30. The van der Waals surface area contributed by atoms with Gasteiger partial charge in [0.2, 0.25) is 11.8 Å². The number of imide groups is 1. The molecule has 1 saturated heterocycles. The molecule has 0 radical (unpaired) electrons. The van der Waals surface area contributed by atoms with E-state index in [1.807, 2.05) is 10.2 Å². The normalized spacial score (nSPS) is 18.1. The summed E-state index contributed by atoms with van der Waals surface area (Å²) in [5, 5.41) is 6.27. The molecule has 1 fully saturated rings. The van der Waals surface area contributed by atoms with Crippen molar-refractivity contribution in [2.45, 2.75) is 44.9 Å². The molecule has 1 rings (SSSR count). The van der Waals surface area contributed by atoms with E-state index in [0.29, 0.717) is 25.9 Å². The van der Waals surface area contributed by atoms with Crippen LogP contribution in [0.25, 0.3) is 0 Å². The van der Waals surface area contributed by atoms with Gasteiger partial charge in [0.05, 0.1) is 6.04 Å². The molecule has 0 aliphatic carbocycles. The fourth-order valence-electron chi connectivity index (χ4n) is 2.33. The highest BCUT2D eigenvalue weighted by Crippen LogP contribution is 2.14. The van der Waals surface area contributed by atoms with Crippen LogP contribution in [0.2, 0.25) is 0 Å². The molecular formula is C13H21F3N4O3. The lowest BCUT2D eigenvalue weighted by Gasteiger charge is -2.35. The first-order chi connectivity index (χ1) is 10.6. The maximum Gasteiger partial charge on any atom is 0.405 e. The van der Waals surface area contributed by atoms with Crippen molar-refractivity contribution in [3.63, 3.8) is 0 Å². The number of amides is 4. The van der Waals surface area contributed by atoms with Gasteiger partial charge in [-0.3, -0.25) is 19.8 Å². The van der Waals surface area contributed by atoms with Crippen molar-refractivity contribution < 1.29 is 27.6 Å². The maximum absolute atomic E-state index is 12.0. The number of hydrogen-bond donors (Lipinski definition) is 3. The van der Waals surface area contributed by atoms with Gasteiger partial charge < -0.3 is 10.6 Å². The molecule has 0 bridgehead atoms. The van der Waals surface area contributed by atoms with Gasteiger partial charge in [-0.05, 0) is 19.8 Å². The van der Waals surface area contributed by atoms with E-state index in [4.69, 9.17) is 0 Å². The lowest BCUT2D eigenvalue weighted by molar-refractivity contribution is -0.127. The van der Waals surface area contributed by atoms with E-state index in [2.05, 4.69) is 5.32 Å². The molecule has 1 heterocycles. The lowest BCUT2D eigenvalue weighted by atomic mass is 10.0. The number of urea groups is 1. The van der Waals surface area contributed by atoms with Gasteiger partial charge in [-0.1, -0.05) is 0 Å². The largest absolute Gasteiger partial charge is 0.405 e. The summed E-state index contributed by atoms with van der Waals surface area (Å²) in [7, 11) is 0. The number of carbonyl (C=O) groups is 3. The molecule has 1 aliphatic rings. The predicted octanol–water partition coefficient (Wildman–Crippen LogP) is 0.363. The standard InChI is InChI=1S/C13H21F3N4O3/c1-8(11(22)19-12(23)17-7-13(14,15)16)20-5-3-10(4-6-20)18-9(2)21/h8,10H,3-7H2,1-2H3,(H,18,21)(H2,17,19,22,23)/t8-/m0/s1. The molecule has 132 valence electrons. The minimum Gasteiger partial charge on any atom is -0.354 e. The molecule has 23 heavy (non-hydrogen) atoms. The number of piperidine rings is 1. The molecule has 10 heteroatoms. The lowest BCUT2D eigenvalue weighted by Crippen LogP contribution is -2.54. The third-order valence-electron chi connectivity index (χ3n) is 3.55. The SMILES string of the molecule is CC(=O)NC1CCN([C@@H](C)C(=O)NC(=O)NCC(F)(F)F)CC1. The Morgan fingerprint density at radius 3 is 2.26 bits per heavy atom. The van der Waals surface area contributed by atoms with E-state index in [1.54, 1.807) is 12.2 Å². The average molecular weight is 338 g/mol. The predicted molar refractivity (Wildman–Crippen MR) is 75.5 cm³/mol. The van der Waals surface area contributed by atoms with Crippen molar-refractivity contribution >= 4 is 17.8 Å². The van der Waals surface area contributed by atoms with E-state index >= 15 is 0 Å². The summed E-state index contributed by atoms with van der Waals surface area (Å²) in [6, 6.07) is -1.77. The molecule has 0 saturated carbocycles. The van der Waals surface area contributed by atoms with Crippen molar-refractivity contribution in [1.29, 1.82) is 0 Å². The Kier molecular flexibility index (Phi) is 6.79. The Labute approximate surface area is 132 Å². The first-order valence-corrected chi connectivity index (χ1v) is 7.25. The zero-order valence-corrected chi connectivity index (χ0v) is 13.0. The Hall–Kier alpha value is -1.84. The molecule has 4 amide bonds. The molecule has 1 aliphatic heterocycles. The quantitative estimate of drug-likeness (QED) is 0.690. The number of carbonyl (C=O) groups excluding carboxylic acids is 3. The molecule has 3 N–H and O–H groups in total. The summed E-state index contributed by atoms with van der Waals surface area (Å²) in [6.45, 7) is 2.60. The number of nitrogens with zero attached hydrogens (tertiary/aromatic N) is 1. The van der Waals surface area contributed by atoms with Crippen LogP contribution in [0.15, 0.2) is 0 Å². The van der Waals surface area contributed by atoms with Crippen LogP contribution in [0.1, 0.15) is 26.7 Å². The first-order valence-electron chi connectivity index (χ1n) is 7.25. The van der Waals surface area contributed by atoms with Crippen molar-refractivity contribution in [2.24, 2.45) is 0 Å². The molecule has 0 aromatic heterocycles. The monoisotopic (exact) mass is 338 g/mol. The van der Waals surface area contributed by atoms with Gasteiger partial charge in [-0.25, -0.2) is 4.79 Å². The fraction of sp³-hybridized carbons (Fsp3) is 0.769. The second-order valence-corrected chi connectivity index (χ2v) is 5.47. The highest BCUT2D eigenvalue weighted by molar-refractivity contribution is 5.96. The topological polar surface area (TPSA) is 90.5 Å². The molecule has 0 spiro atoms. The highest BCUT2D eigenvalue weighted by atomic mass is 19.4. The summed E-state index contributed by atoms with van der Waals surface area (Å²) in [4.78, 5) is 35.9. The fourth-order valence-corrected chi connectivity index (χ4v) is 2.33. The Bertz CT molecular complexity index is 448. The van der Waals surface area contributed by atoms with Crippen LogP contribution in [0, 0.1) is 0 Å². The molecule has 0 unspecified atom stereocenters. The van der Waals surface area contributed by atoms with Crippen LogP contribution in [0.5, 0.6) is 0 Å². The van der Waals surface area contributed by atoms with Gasteiger partial charge in [0.25, 0.3) is 0 Å². The smallest absolute Gasteiger partial charge is 0.354 e. The third kappa shape index (κ3) is 7.31. The number of rotatable bonds is 4. The van der Waals surface area contributed by atoms with Crippen LogP contribution < -0.4 is 16.0 Å². The molecule has 0 aromatic rings. The van der Waals surface area contributed by atoms with Gasteiger partial charge in [0.15, 0.2) is 0 Å². The Balaban J connectivity index is 2.37. The van der Waals surface area contributed by atoms with Gasteiger partial charge in [0, 0.05) is 26.1 Å². The van der Waals surface area contributed by atoms with E-state index in [-0.39, 0.29) is 11.9 Å². The van der Waals surface area contributed by atoms with E-state index < -0.39 is 30.7 Å². The second-order valence-electron chi connectivity index (χ2n) is 5.47. The summed E-state index contributed by atoms with van der Waals surface area (Å²) in [5.74, 6) is -0.779. The average Bonchev–Trinajstić information content (AvgIpc) is 2.44. The zero-order chi connectivity index (χ0) is 17.6. The summed E-state index contributed by atoms with van der Waals surface area (Å²) in [5.41, 5.74) is 0. The minimum atomic E-state index is -4.53. The van der Waals surface area contributed by atoms with Crippen LogP contribution in [-0.2, 0) is 9.59 Å². The summed E-state index contributed by atoms with van der Waals surface area (Å²) in [6.07, 6.45) is -3.20. The maximum atomic E-state index is 12.0. The van der Waals surface area contributed by atoms with Gasteiger partial charge >= 0.3 is 12.2 Å². The van der Waals surface area contributed by atoms with E-state index in [1.165, 1.54) is 6.92 Å². The van der Waals surface area contributed by atoms with Crippen LogP contribution in [0.3, 0.4) is 0 Å². The number of nitrogens with one attached hydrogen (secondary N) is 3. The number of likely N-dealkylation sites (tertiary alicyclic amines) is 1. The summed E-state index contributed by atoms with van der Waals surface area (Å²) >= 11 is 0. The van der Waals surface area contributed by atoms with E-state index in [0.717, 1.165) is 0 Å². The Morgan fingerprint density at radius 1 is 1.22 bits per heavy atom. The summed E-state index contributed by atoms with van der Waals surface area (Å²) < 4.78 is 35.9. The second kappa shape index (κ2) is 8.14. The first kappa shape index (κ1) is 19.2. The van der Waals surface area contributed by atoms with Crippen molar-refractivity contribution in [1.82, 2.24) is 20.9 Å². The minimum absolute atomic E-state index is 0.0501. The van der Waals surface area contributed by atoms with Crippen LogP contribution >= 0.6 is 0 Å². The molecule has 7 nitrogen and oxygen atoms in total.